The molecule has 0 aliphatic heterocycles. The number of benzene rings is 1. The molecule has 1 heterocycles. The Balaban J connectivity index is 1.87. The van der Waals surface area contributed by atoms with Crippen LogP contribution in [0.3, 0.4) is 0 Å². The molecular weight excluding hydrogens is 314 g/mol. The van der Waals surface area contributed by atoms with Gasteiger partial charge in [0.15, 0.2) is 6.61 Å². The summed E-state index contributed by atoms with van der Waals surface area (Å²) in [5.74, 6) is 0.216. The highest BCUT2D eigenvalue weighted by atomic mass is 35.5. The van der Waals surface area contributed by atoms with Crippen LogP contribution in [0.4, 0.5) is 0 Å². The minimum absolute atomic E-state index is 0.119. The lowest BCUT2D eigenvalue weighted by Crippen LogP contribution is -2.24. The number of halogens is 1. The topological polar surface area (TPSA) is 55.6 Å². The molecule has 0 aliphatic rings. The monoisotopic (exact) mass is 333 g/mol. The van der Waals surface area contributed by atoms with E-state index in [9.17, 15) is 4.79 Å². The molecule has 23 heavy (non-hydrogen) atoms. The fraction of sp³-hybridized carbons (Fsp3) is 0.294. The van der Waals surface area contributed by atoms with Crippen molar-refractivity contribution in [1.82, 2.24) is 9.99 Å². The second kappa shape index (κ2) is 7.83. The van der Waals surface area contributed by atoms with Crippen molar-refractivity contribution in [1.29, 1.82) is 0 Å². The Labute approximate surface area is 140 Å². The standard InChI is InChI=1S/C17H20ClN3O2/c1-4-21-12(2)8-14(13(21)3)10-19-20-17(22)11-23-16-7-5-6-15(18)9-16/h5-10H,4,11H2,1-3H3,(H,20,22)/b19-10+. The Bertz CT molecular complexity index is 723. The van der Waals surface area contributed by atoms with Crippen LogP contribution in [0.5, 0.6) is 5.75 Å². The van der Waals surface area contributed by atoms with Gasteiger partial charge in [-0.2, -0.15) is 5.10 Å². The summed E-state index contributed by atoms with van der Waals surface area (Å²) in [6.07, 6.45) is 1.64. The van der Waals surface area contributed by atoms with Crippen LogP contribution in [-0.2, 0) is 11.3 Å². The molecule has 122 valence electrons. The number of carbonyl (C=O) groups is 1. The summed E-state index contributed by atoms with van der Waals surface area (Å²) in [5.41, 5.74) is 5.73. The molecule has 0 saturated carbocycles. The number of aryl methyl sites for hydroxylation is 1. The van der Waals surface area contributed by atoms with E-state index in [1.165, 1.54) is 5.69 Å². The second-order valence-electron chi connectivity index (χ2n) is 5.11. The van der Waals surface area contributed by atoms with Gasteiger partial charge in [0.05, 0.1) is 6.21 Å². The van der Waals surface area contributed by atoms with E-state index >= 15 is 0 Å². The first-order chi connectivity index (χ1) is 11.0. The van der Waals surface area contributed by atoms with Gasteiger partial charge in [0.25, 0.3) is 5.91 Å². The Morgan fingerprint density at radius 1 is 1.39 bits per heavy atom. The van der Waals surface area contributed by atoms with E-state index in [0.29, 0.717) is 10.8 Å². The summed E-state index contributed by atoms with van der Waals surface area (Å²) < 4.78 is 7.53. The Morgan fingerprint density at radius 3 is 2.83 bits per heavy atom. The number of nitrogens with one attached hydrogen (secondary N) is 1. The minimum Gasteiger partial charge on any atom is -0.484 e. The number of hydrogen-bond acceptors (Lipinski definition) is 3. The maximum Gasteiger partial charge on any atom is 0.277 e. The number of hydrazone groups is 1. The summed E-state index contributed by atoms with van der Waals surface area (Å²) in [4.78, 5) is 11.7. The van der Waals surface area contributed by atoms with Crippen molar-refractivity contribution in [2.24, 2.45) is 5.10 Å². The zero-order valence-electron chi connectivity index (χ0n) is 13.5. The van der Waals surface area contributed by atoms with E-state index in [0.717, 1.165) is 17.8 Å². The third-order valence-electron chi connectivity index (χ3n) is 3.49. The smallest absolute Gasteiger partial charge is 0.277 e. The molecule has 0 atom stereocenters. The predicted molar refractivity (Wildman–Crippen MR) is 92.3 cm³/mol. The van der Waals surface area contributed by atoms with Crippen LogP contribution in [0.25, 0.3) is 0 Å². The van der Waals surface area contributed by atoms with Crippen molar-refractivity contribution in [3.8, 4) is 5.75 Å². The van der Waals surface area contributed by atoms with E-state index in [4.69, 9.17) is 16.3 Å². The highest BCUT2D eigenvalue weighted by Crippen LogP contribution is 2.16. The molecule has 0 bridgehead atoms. The summed E-state index contributed by atoms with van der Waals surface area (Å²) in [6, 6.07) is 8.93. The van der Waals surface area contributed by atoms with Gasteiger partial charge in [0, 0.05) is 28.5 Å². The Hall–Kier alpha value is -2.27. The van der Waals surface area contributed by atoms with Crippen LogP contribution in [0.2, 0.25) is 5.02 Å². The van der Waals surface area contributed by atoms with Gasteiger partial charge in [-0.15, -0.1) is 0 Å². The zero-order valence-corrected chi connectivity index (χ0v) is 14.2. The van der Waals surface area contributed by atoms with Crippen LogP contribution in [0.15, 0.2) is 35.4 Å². The molecule has 2 aromatic rings. The molecule has 0 fully saturated rings. The van der Waals surface area contributed by atoms with Crippen LogP contribution >= 0.6 is 11.6 Å². The van der Waals surface area contributed by atoms with E-state index < -0.39 is 0 Å². The van der Waals surface area contributed by atoms with Gasteiger partial charge in [-0.05, 0) is 45.0 Å². The molecule has 1 aromatic heterocycles. The lowest BCUT2D eigenvalue weighted by molar-refractivity contribution is -0.123. The average molecular weight is 334 g/mol. The number of ether oxygens (including phenoxy) is 1. The summed E-state index contributed by atoms with van der Waals surface area (Å²) >= 11 is 5.85. The van der Waals surface area contributed by atoms with Crippen molar-refractivity contribution in [3.05, 3.63) is 52.3 Å². The molecular formula is C17H20ClN3O2. The van der Waals surface area contributed by atoms with Crippen molar-refractivity contribution >= 4 is 23.7 Å². The van der Waals surface area contributed by atoms with Crippen LogP contribution in [0.1, 0.15) is 23.9 Å². The lowest BCUT2D eigenvalue weighted by atomic mass is 10.3. The summed E-state index contributed by atoms with van der Waals surface area (Å²) in [5, 5.41) is 4.54. The maximum absolute atomic E-state index is 11.7. The first-order valence-corrected chi connectivity index (χ1v) is 7.76. The fourth-order valence-corrected chi connectivity index (χ4v) is 2.54. The third-order valence-corrected chi connectivity index (χ3v) is 3.72. The molecule has 6 heteroatoms. The molecule has 5 nitrogen and oxygen atoms in total. The van der Waals surface area contributed by atoms with Gasteiger partial charge in [0.1, 0.15) is 5.75 Å². The predicted octanol–water partition coefficient (Wildman–Crippen LogP) is 3.31. The molecule has 0 aliphatic carbocycles. The van der Waals surface area contributed by atoms with E-state index in [1.807, 2.05) is 19.9 Å². The van der Waals surface area contributed by atoms with Crippen molar-refractivity contribution in [2.45, 2.75) is 27.3 Å². The number of nitrogens with zero attached hydrogens (tertiary/aromatic N) is 2. The molecule has 0 radical (unpaired) electrons. The van der Waals surface area contributed by atoms with Crippen LogP contribution < -0.4 is 10.2 Å². The number of carbonyl (C=O) groups excluding carboxylic acids is 1. The minimum atomic E-state index is -0.328. The van der Waals surface area contributed by atoms with Crippen molar-refractivity contribution < 1.29 is 9.53 Å². The molecule has 0 saturated heterocycles. The average Bonchev–Trinajstić information content (AvgIpc) is 2.79. The number of aromatic nitrogens is 1. The third kappa shape index (κ3) is 4.60. The Morgan fingerprint density at radius 2 is 2.17 bits per heavy atom. The van der Waals surface area contributed by atoms with Gasteiger partial charge < -0.3 is 9.30 Å². The van der Waals surface area contributed by atoms with Crippen LogP contribution in [0, 0.1) is 13.8 Å². The summed E-state index contributed by atoms with van der Waals surface area (Å²) in [6.45, 7) is 6.96. The maximum atomic E-state index is 11.7. The Kier molecular flexibility index (Phi) is 5.82. The second-order valence-corrected chi connectivity index (χ2v) is 5.55. The zero-order chi connectivity index (χ0) is 16.8. The van der Waals surface area contributed by atoms with E-state index in [2.05, 4.69) is 22.0 Å². The lowest BCUT2D eigenvalue weighted by Gasteiger charge is -2.05. The number of amides is 1. The molecule has 1 aromatic carbocycles. The van der Waals surface area contributed by atoms with E-state index in [-0.39, 0.29) is 12.5 Å². The van der Waals surface area contributed by atoms with Gasteiger partial charge in [-0.25, -0.2) is 5.43 Å². The SMILES string of the molecule is CCn1c(C)cc(/C=N/NC(=O)COc2cccc(Cl)c2)c1C. The number of rotatable bonds is 6. The first-order valence-electron chi connectivity index (χ1n) is 7.38. The normalized spacial score (nSPS) is 11.0. The highest BCUT2D eigenvalue weighted by Gasteiger charge is 2.06. The highest BCUT2D eigenvalue weighted by molar-refractivity contribution is 6.30. The molecule has 0 unspecified atom stereocenters. The molecule has 1 amide bonds. The number of hydrogen-bond donors (Lipinski definition) is 1. The van der Waals surface area contributed by atoms with Crippen molar-refractivity contribution in [3.63, 3.8) is 0 Å². The van der Waals surface area contributed by atoms with Gasteiger partial charge >= 0.3 is 0 Å². The molecule has 2 rings (SSSR count). The van der Waals surface area contributed by atoms with Gasteiger partial charge in [-0.3, -0.25) is 4.79 Å². The summed E-state index contributed by atoms with van der Waals surface area (Å²) in [7, 11) is 0. The molecule has 1 N–H and O–H groups in total. The fourth-order valence-electron chi connectivity index (χ4n) is 2.36. The van der Waals surface area contributed by atoms with Gasteiger partial charge in [0.2, 0.25) is 0 Å². The van der Waals surface area contributed by atoms with Crippen LogP contribution in [-0.4, -0.2) is 23.3 Å². The van der Waals surface area contributed by atoms with E-state index in [1.54, 1.807) is 30.5 Å². The quantitative estimate of drug-likeness (QED) is 0.651. The van der Waals surface area contributed by atoms with Gasteiger partial charge in [-0.1, -0.05) is 17.7 Å². The molecule has 0 spiro atoms. The largest absolute Gasteiger partial charge is 0.484 e. The first kappa shape index (κ1) is 17.1. The van der Waals surface area contributed by atoms with Crippen molar-refractivity contribution in [2.75, 3.05) is 6.61 Å².